The van der Waals surface area contributed by atoms with E-state index in [-0.39, 0.29) is 6.10 Å². The standard InChI is InChI=1S/C13H24N2O/c16-11-9-14-7-3-1-5-12(14)13-6-2-4-8-15(13)10-11/h11-13,16H,1-10H2. The summed E-state index contributed by atoms with van der Waals surface area (Å²) in [6, 6.07) is 1.48. The van der Waals surface area contributed by atoms with Gasteiger partial charge in [0.15, 0.2) is 0 Å². The van der Waals surface area contributed by atoms with E-state index in [2.05, 4.69) is 9.80 Å². The second kappa shape index (κ2) is 4.63. The molecule has 0 aromatic heterocycles. The minimum atomic E-state index is -0.122. The number of rotatable bonds is 0. The fourth-order valence-electron chi connectivity index (χ4n) is 3.96. The molecule has 0 spiro atoms. The molecule has 3 heterocycles. The first kappa shape index (κ1) is 11.0. The van der Waals surface area contributed by atoms with Crippen LogP contribution in [0.1, 0.15) is 38.5 Å². The zero-order chi connectivity index (χ0) is 11.0. The third kappa shape index (κ3) is 2.01. The molecule has 0 saturated carbocycles. The average Bonchev–Trinajstić information content (AvgIpc) is 2.44. The smallest absolute Gasteiger partial charge is 0.0794 e. The van der Waals surface area contributed by atoms with Crippen LogP contribution in [0.3, 0.4) is 0 Å². The first-order chi connectivity index (χ1) is 7.84. The summed E-state index contributed by atoms with van der Waals surface area (Å²) in [7, 11) is 0. The lowest BCUT2D eigenvalue weighted by Crippen LogP contribution is -2.52. The van der Waals surface area contributed by atoms with E-state index in [1.54, 1.807) is 0 Å². The van der Waals surface area contributed by atoms with Crippen LogP contribution >= 0.6 is 0 Å². The van der Waals surface area contributed by atoms with Gasteiger partial charge in [-0.2, -0.15) is 0 Å². The molecule has 1 N–H and O–H groups in total. The number of hydrogen-bond acceptors (Lipinski definition) is 3. The van der Waals surface area contributed by atoms with Gasteiger partial charge < -0.3 is 5.11 Å². The van der Waals surface area contributed by atoms with Crippen LogP contribution in [0.2, 0.25) is 0 Å². The van der Waals surface area contributed by atoms with Gasteiger partial charge in [0.25, 0.3) is 0 Å². The van der Waals surface area contributed by atoms with Gasteiger partial charge >= 0.3 is 0 Å². The molecule has 0 amide bonds. The van der Waals surface area contributed by atoms with Crippen molar-refractivity contribution in [3.8, 4) is 0 Å². The van der Waals surface area contributed by atoms with E-state index in [0.29, 0.717) is 0 Å². The Labute approximate surface area is 98.4 Å². The molecule has 2 unspecified atom stereocenters. The van der Waals surface area contributed by atoms with Gasteiger partial charge in [0.05, 0.1) is 6.10 Å². The fraction of sp³-hybridized carbons (Fsp3) is 1.00. The van der Waals surface area contributed by atoms with Crippen LogP contribution in [0, 0.1) is 0 Å². The zero-order valence-corrected chi connectivity index (χ0v) is 10.1. The molecule has 2 atom stereocenters. The number of fused-ring (bicyclic) bond motifs is 3. The molecule has 16 heavy (non-hydrogen) atoms. The fourth-order valence-corrected chi connectivity index (χ4v) is 3.96. The molecule has 3 nitrogen and oxygen atoms in total. The van der Waals surface area contributed by atoms with Gasteiger partial charge in [-0.05, 0) is 38.8 Å². The molecule has 0 radical (unpaired) electrons. The average molecular weight is 224 g/mol. The Kier molecular flexibility index (Phi) is 3.18. The first-order valence-corrected chi connectivity index (χ1v) is 7.01. The SMILES string of the molecule is OC1CN2CCCCC2C2CCCCN2C1. The van der Waals surface area contributed by atoms with Crippen molar-refractivity contribution in [3.63, 3.8) is 0 Å². The second-order valence-corrected chi connectivity index (χ2v) is 5.77. The third-order valence-corrected chi connectivity index (χ3v) is 4.66. The summed E-state index contributed by atoms with van der Waals surface area (Å²) < 4.78 is 0. The lowest BCUT2D eigenvalue weighted by atomic mass is 9.89. The van der Waals surface area contributed by atoms with Crippen LogP contribution < -0.4 is 0 Å². The summed E-state index contributed by atoms with van der Waals surface area (Å²) in [6.45, 7) is 4.26. The van der Waals surface area contributed by atoms with Gasteiger partial charge in [0, 0.05) is 25.2 Å². The lowest BCUT2D eigenvalue weighted by molar-refractivity contribution is 0.0607. The normalized spacial score (nSPS) is 42.2. The zero-order valence-electron chi connectivity index (χ0n) is 10.1. The molecule has 3 heteroatoms. The maximum absolute atomic E-state index is 10.1. The Bertz CT molecular complexity index is 222. The summed E-state index contributed by atoms with van der Waals surface area (Å²) in [5.41, 5.74) is 0. The van der Waals surface area contributed by atoms with Crippen LogP contribution in [0.4, 0.5) is 0 Å². The largest absolute Gasteiger partial charge is 0.390 e. The Morgan fingerprint density at radius 2 is 1.25 bits per heavy atom. The molecule has 3 fully saturated rings. The second-order valence-electron chi connectivity index (χ2n) is 5.77. The van der Waals surface area contributed by atoms with E-state index >= 15 is 0 Å². The number of piperidine rings is 2. The van der Waals surface area contributed by atoms with Crippen molar-refractivity contribution in [1.82, 2.24) is 9.80 Å². The molecule has 3 saturated heterocycles. The number of aliphatic hydroxyl groups is 1. The van der Waals surface area contributed by atoms with E-state index in [4.69, 9.17) is 0 Å². The molecular weight excluding hydrogens is 200 g/mol. The third-order valence-electron chi connectivity index (χ3n) is 4.66. The van der Waals surface area contributed by atoms with E-state index in [9.17, 15) is 5.11 Å². The first-order valence-electron chi connectivity index (χ1n) is 7.01. The van der Waals surface area contributed by atoms with E-state index in [1.807, 2.05) is 0 Å². The highest BCUT2D eigenvalue weighted by Gasteiger charge is 2.38. The predicted octanol–water partition coefficient (Wildman–Crippen LogP) is 1.07. The quantitative estimate of drug-likeness (QED) is 0.667. The Hall–Kier alpha value is -0.120. The molecule has 0 aromatic rings. The van der Waals surface area contributed by atoms with Gasteiger partial charge in [-0.15, -0.1) is 0 Å². The number of aliphatic hydroxyl groups excluding tert-OH is 1. The maximum atomic E-state index is 10.1. The summed E-state index contributed by atoms with van der Waals surface area (Å²) in [4.78, 5) is 5.15. The summed E-state index contributed by atoms with van der Waals surface area (Å²) in [5, 5.41) is 10.1. The minimum Gasteiger partial charge on any atom is -0.390 e. The van der Waals surface area contributed by atoms with Crippen molar-refractivity contribution in [2.24, 2.45) is 0 Å². The van der Waals surface area contributed by atoms with Crippen LogP contribution in [0.5, 0.6) is 0 Å². The highest BCUT2D eigenvalue weighted by Crippen LogP contribution is 2.31. The van der Waals surface area contributed by atoms with Crippen molar-refractivity contribution >= 4 is 0 Å². The molecule has 3 aliphatic heterocycles. The molecule has 3 aliphatic rings. The van der Waals surface area contributed by atoms with Crippen LogP contribution in [-0.4, -0.2) is 59.3 Å². The van der Waals surface area contributed by atoms with Gasteiger partial charge in [-0.3, -0.25) is 9.80 Å². The predicted molar refractivity (Wildman–Crippen MR) is 64.4 cm³/mol. The Balaban J connectivity index is 1.80. The van der Waals surface area contributed by atoms with Crippen molar-refractivity contribution in [2.75, 3.05) is 26.2 Å². The van der Waals surface area contributed by atoms with Crippen LogP contribution in [0.15, 0.2) is 0 Å². The Morgan fingerprint density at radius 1 is 0.750 bits per heavy atom. The van der Waals surface area contributed by atoms with Crippen molar-refractivity contribution in [2.45, 2.75) is 56.7 Å². The summed E-state index contributed by atoms with van der Waals surface area (Å²) in [6.07, 6.45) is 8.03. The van der Waals surface area contributed by atoms with Crippen molar-refractivity contribution in [1.29, 1.82) is 0 Å². The molecule has 0 aromatic carbocycles. The van der Waals surface area contributed by atoms with Gasteiger partial charge in [-0.25, -0.2) is 0 Å². The van der Waals surface area contributed by atoms with Gasteiger partial charge in [0.1, 0.15) is 0 Å². The lowest BCUT2D eigenvalue weighted by Gasteiger charge is -2.44. The van der Waals surface area contributed by atoms with E-state index in [1.165, 1.54) is 51.6 Å². The van der Waals surface area contributed by atoms with Crippen LogP contribution in [0.25, 0.3) is 0 Å². The van der Waals surface area contributed by atoms with E-state index in [0.717, 1.165) is 25.2 Å². The molecule has 3 rings (SSSR count). The highest BCUT2D eigenvalue weighted by atomic mass is 16.3. The maximum Gasteiger partial charge on any atom is 0.0794 e. The molecule has 92 valence electrons. The molecule has 0 bridgehead atoms. The van der Waals surface area contributed by atoms with Gasteiger partial charge in [0.2, 0.25) is 0 Å². The monoisotopic (exact) mass is 224 g/mol. The number of hydrogen-bond donors (Lipinski definition) is 1. The summed E-state index contributed by atoms with van der Waals surface area (Å²) >= 11 is 0. The summed E-state index contributed by atoms with van der Waals surface area (Å²) in [5.74, 6) is 0. The van der Waals surface area contributed by atoms with Crippen molar-refractivity contribution < 1.29 is 5.11 Å². The molecular formula is C13H24N2O. The highest BCUT2D eigenvalue weighted by molar-refractivity contribution is 4.95. The molecule has 0 aliphatic carbocycles. The van der Waals surface area contributed by atoms with Crippen LogP contribution in [-0.2, 0) is 0 Å². The number of nitrogens with zero attached hydrogens (tertiary/aromatic N) is 2. The topological polar surface area (TPSA) is 26.7 Å². The van der Waals surface area contributed by atoms with Crippen molar-refractivity contribution in [3.05, 3.63) is 0 Å². The Morgan fingerprint density at radius 3 is 1.75 bits per heavy atom. The van der Waals surface area contributed by atoms with Gasteiger partial charge in [-0.1, -0.05) is 12.8 Å². The van der Waals surface area contributed by atoms with E-state index < -0.39 is 0 Å². The minimum absolute atomic E-state index is 0.122.